The molecule has 2 aromatic rings. The topological polar surface area (TPSA) is 90.0 Å². The zero-order valence-electron chi connectivity index (χ0n) is 21.1. The van der Waals surface area contributed by atoms with Gasteiger partial charge < -0.3 is 10.2 Å². The van der Waals surface area contributed by atoms with Crippen LogP contribution in [0.5, 0.6) is 0 Å². The van der Waals surface area contributed by atoms with Gasteiger partial charge in [0.2, 0.25) is 20.0 Å². The maximum atomic E-state index is 13.5. The molecule has 0 amide bonds. The molecule has 3 rings (SSSR count). The molecule has 1 heterocycles. The first-order valence-corrected chi connectivity index (χ1v) is 14.9. The standard InChI is InChI=1S/C25H38N4O4S2/c1-21-7-11-24(12-8-21)34(30,31)28-17-5-15-26-16-6-18-29(20-22(2)19-28)35(32,33)25-13-9-23(10-14-25)27(3)4/h7-14,22,26H,5-6,15-20H2,1-4H3. The Morgan fingerprint density at radius 1 is 0.771 bits per heavy atom. The monoisotopic (exact) mass is 522 g/mol. The highest BCUT2D eigenvalue weighted by Crippen LogP contribution is 2.23. The zero-order valence-corrected chi connectivity index (χ0v) is 22.8. The Morgan fingerprint density at radius 2 is 1.20 bits per heavy atom. The van der Waals surface area contributed by atoms with Crippen molar-refractivity contribution in [3.63, 3.8) is 0 Å². The number of nitrogens with one attached hydrogen (secondary N) is 1. The molecule has 2 aromatic carbocycles. The number of aryl methyl sites for hydroxylation is 1. The van der Waals surface area contributed by atoms with Crippen molar-refractivity contribution in [2.75, 3.05) is 58.3 Å². The van der Waals surface area contributed by atoms with Gasteiger partial charge in [-0.3, -0.25) is 0 Å². The third kappa shape index (κ3) is 7.04. The van der Waals surface area contributed by atoms with Crippen LogP contribution in [-0.2, 0) is 20.0 Å². The molecule has 1 saturated heterocycles. The first-order valence-electron chi connectivity index (χ1n) is 12.1. The van der Waals surface area contributed by atoms with Gasteiger partial charge in [-0.25, -0.2) is 16.8 Å². The van der Waals surface area contributed by atoms with Crippen molar-refractivity contribution in [3.05, 3.63) is 54.1 Å². The van der Waals surface area contributed by atoms with Crippen LogP contribution in [0.15, 0.2) is 58.3 Å². The minimum absolute atomic E-state index is 0.182. The van der Waals surface area contributed by atoms with Crippen LogP contribution in [0.25, 0.3) is 0 Å². The molecule has 8 nitrogen and oxygen atoms in total. The molecule has 0 saturated carbocycles. The minimum atomic E-state index is -3.72. The van der Waals surface area contributed by atoms with Gasteiger partial charge in [0.15, 0.2) is 0 Å². The highest BCUT2D eigenvalue weighted by Gasteiger charge is 2.30. The molecule has 0 bridgehead atoms. The van der Waals surface area contributed by atoms with E-state index in [0.29, 0.717) is 39.0 Å². The van der Waals surface area contributed by atoms with Gasteiger partial charge in [0, 0.05) is 46.0 Å². The van der Waals surface area contributed by atoms with Crippen LogP contribution in [0, 0.1) is 12.8 Å². The maximum Gasteiger partial charge on any atom is 0.243 e. The Hall–Kier alpha value is -1.98. The fraction of sp³-hybridized carbons (Fsp3) is 0.520. The van der Waals surface area contributed by atoms with E-state index in [2.05, 4.69) is 5.32 Å². The van der Waals surface area contributed by atoms with E-state index in [9.17, 15) is 16.8 Å². The van der Waals surface area contributed by atoms with Crippen LogP contribution in [-0.4, -0.2) is 78.8 Å². The third-order valence-electron chi connectivity index (χ3n) is 6.20. The Balaban J connectivity index is 1.85. The number of sulfonamides is 2. The first-order chi connectivity index (χ1) is 16.5. The highest BCUT2D eigenvalue weighted by molar-refractivity contribution is 7.89. The average molecular weight is 523 g/mol. The van der Waals surface area contributed by atoms with Gasteiger partial charge in [-0.1, -0.05) is 24.6 Å². The van der Waals surface area contributed by atoms with E-state index in [1.54, 1.807) is 48.5 Å². The Kier molecular flexibility index (Phi) is 9.34. The van der Waals surface area contributed by atoms with Gasteiger partial charge in [-0.05, 0) is 75.2 Å². The molecule has 35 heavy (non-hydrogen) atoms. The number of rotatable bonds is 5. The summed E-state index contributed by atoms with van der Waals surface area (Å²) >= 11 is 0. The van der Waals surface area contributed by atoms with Gasteiger partial charge >= 0.3 is 0 Å². The maximum absolute atomic E-state index is 13.5. The molecule has 1 aliphatic heterocycles. The second-order valence-electron chi connectivity index (χ2n) is 9.49. The normalized spacial score (nSPS) is 20.1. The lowest BCUT2D eigenvalue weighted by Gasteiger charge is -2.30. The molecular formula is C25H38N4O4S2. The van der Waals surface area contributed by atoms with Gasteiger partial charge in [-0.2, -0.15) is 8.61 Å². The van der Waals surface area contributed by atoms with Gasteiger partial charge in [0.05, 0.1) is 9.79 Å². The van der Waals surface area contributed by atoms with Crippen molar-refractivity contribution >= 4 is 25.7 Å². The van der Waals surface area contributed by atoms with Crippen LogP contribution in [0.1, 0.15) is 25.3 Å². The summed E-state index contributed by atoms with van der Waals surface area (Å²) in [4.78, 5) is 2.43. The summed E-state index contributed by atoms with van der Waals surface area (Å²) in [6.45, 7) is 6.44. The molecule has 0 radical (unpaired) electrons. The molecule has 1 atom stereocenters. The van der Waals surface area contributed by atoms with Crippen LogP contribution < -0.4 is 10.2 Å². The highest BCUT2D eigenvalue weighted by atomic mass is 32.2. The quantitative estimate of drug-likeness (QED) is 0.650. The summed E-state index contributed by atoms with van der Waals surface area (Å²) < 4.78 is 56.9. The fourth-order valence-electron chi connectivity index (χ4n) is 4.18. The van der Waals surface area contributed by atoms with Crippen molar-refractivity contribution in [3.8, 4) is 0 Å². The molecule has 194 valence electrons. The van der Waals surface area contributed by atoms with Crippen molar-refractivity contribution in [1.82, 2.24) is 13.9 Å². The average Bonchev–Trinajstić information content (AvgIpc) is 2.81. The van der Waals surface area contributed by atoms with Crippen molar-refractivity contribution < 1.29 is 16.8 Å². The van der Waals surface area contributed by atoms with E-state index in [1.165, 1.54) is 8.61 Å². The Morgan fingerprint density at radius 3 is 1.63 bits per heavy atom. The molecule has 1 unspecified atom stereocenters. The van der Waals surface area contributed by atoms with Crippen LogP contribution in [0.4, 0.5) is 5.69 Å². The zero-order chi connectivity index (χ0) is 25.6. The molecule has 0 aliphatic carbocycles. The lowest BCUT2D eigenvalue weighted by Crippen LogP contribution is -2.43. The number of hydrogen-bond donors (Lipinski definition) is 1. The number of hydrogen-bond acceptors (Lipinski definition) is 6. The second-order valence-corrected chi connectivity index (χ2v) is 13.4. The molecule has 0 aromatic heterocycles. The third-order valence-corrected chi connectivity index (χ3v) is 9.96. The van der Waals surface area contributed by atoms with Crippen molar-refractivity contribution in [1.29, 1.82) is 0 Å². The molecule has 1 aliphatic rings. The largest absolute Gasteiger partial charge is 0.378 e. The molecular weight excluding hydrogens is 484 g/mol. The van der Waals surface area contributed by atoms with Crippen molar-refractivity contribution in [2.24, 2.45) is 5.92 Å². The Bertz CT molecular complexity index is 1160. The summed E-state index contributed by atoms with van der Waals surface area (Å²) in [6, 6.07) is 13.7. The van der Waals surface area contributed by atoms with Crippen LogP contribution in [0.3, 0.4) is 0 Å². The second kappa shape index (κ2) is 11.8. The van der Waals surface area contributed by atoms with E-state index < -0.39 is 20.0 Å². The smallest absolute Gasteiger partial charge is 0.243 e. The van der Waals surface area contributed by atoms with Crippen LogP contribution in [0.2, 0.25) is 0 Å². The SMILES string of the molecule is Cc1ccc(S(=O)(=O)N2CCCNCCCN(S(=O)(=O)c3ccc(N(C)C)cc3)CC(C)C2)cc1. The van der Waals surface area contributed by atoms with E-state index >= 15 is 0 Å². The van der Waals surface area contributed by atoms with E-state index in [-0.39, 0.29) is 28.8 Å². The number of anilines is 1. The summed E-state index contributed by atoms with van der Waals surface area (Å²) in [5.74, 6) is -0.182. The summed E-state index contributed by atoms with van der Waals surface area (Å²) in [5, 5.41) is 3.32. The predicted molar refractivity (Wildman–Crippen MR) is 141 cm³/mol. The van der Waals surface area contributed by atoms with E-state index in [1.807, 2.05) is 32.8 Å². The first kappa shape index (κ1) is 27.6. The van der Waals surface area contributed by atoms with Crippen LogP contribution >= 0.6 is 0 Å². The minimum Gasteiger partial charge on any atom is -0.378 e. The fourth-order valence-corrected chi connectivity index (χ4v) is 7.38. The lowest BCUT2D eigenvalue weighted by molar-refractivity contribution is 0.288. The number of benzene rings is 2. The van der Waals surface area contributed by atoms with Gasteiger partial charge in [0.1, 0.15) is 0 Å². The van der Waals surface area contributed by atoms with Gasteiger partial charge in [-0.15, -0.1) is 0 Å². The van der Waals surface area contributed by atoms with Gasteiger partial charge in [0.25, 0.3) is 0 Å². The van der Waals surface area contributed by atoms with E-state index in [4.69, 9.17) is 0 Å². The predicted octanol–water partition coefficient (Wildman–Crippen LogP) is 2.76. The molecule has 1 fully saturated rings. The van der Waals surface area contributed by atoms with E-state index in [0.717, 1.165) is 11.3 Å². The van der Waals surface area contributed by atoms with Crippen molar-refractivity contribution in [2.45, 2.75) is 36.5 Å². The lowest BCUT2D eigenvalue weighted by atomic mass is 10.1. The summed E-state index contributed by atoms with van der Waals surface area (Å²) in [6.07, 6.45) is 1.38. The molecule has 0 spiro atoms. The molecule has 10 heteroatoms. The Labute approximate surface area is 211 Å². The summed E-state index contributed by atoms with van der Waals surface area (Å²) in [5.41, 5.74) is 1.92. The summed E-state index contributed by atoms with van der Waals surface area (Å²) in [7, 11) is -3.59. The molecule has 1 N–H and O–H groups in total. The number of nitrogens with zero attached hydrogens (tertiary/aromatic N) is 3.